The van der Waals surface area contributed by atoms with E-state index in [1.54, 1.807) is 23.1 Å². The lowest BCUT2D eigenvalue weighted by Crippen LogP contribution is -2.37. The molecule has 3 rings (SSSR count). The first kappa shape index (κ1) is 29.9. The Morgan fingerprint density at radius 1 is 0.897 bits per heavy atom. The molecule has 3 aromatic carbocycles. The van der Waals surface area contributed by atoms with Crippen LogP contribution in [0.2, 0.25) is 0 Å². The molecule has 0 aliphatic heterocycles. The Hall–Kier alpha value is -3.62. The minimum absolute atomic E-state index is 0.0456. The number of nitrogens with zero attached hydrogens (tertiary/aromatic N) is 1. The molecule has 0 saturated heterocycles. The Morgan fingerprint density at radius 3 is 2.10 bits per heavy atom. The van der Waals surface area contributed by atoms with Crippen molar-refractivity contribution in [3.05, 3.63) is 106 Å². The second kappa shape index (κ2) is 14.5. The number of aliphatic hydroxyl groups is 1. The van der Waals surface area contributed by atoms with Crippen LogP contribution >= 0.6 is 0 Å². The highest BCUT2D eigenvalue weighted by molar-refractivity contribution is 6.02. The third-order valence-electron chi connectivity index (χ3n) is 6.61. The number of halogens is 2. The lowest BCUT2D eigenvalue weighted by Gasteiger charge is -2.29. The van der Waals surface area contributed by atoms with Gasteiger partial charge in [-0.25, -0.2) is 8.78 Å². The summed E-state index contributed by atoms with van der Waals surface area (Å²) in [5, 5.41) is 14.5. The summed E-state index contributed by atoms with van der Waals surface area (Å²) in [5.41, 5.74) is 8.00. The van der Waals surface area contributed by atoms with Crippen molar-refractivity contribution in [1.29, 1.82) is 0 Å². The van der Waals surface area contributed by atoms with E-state index in [0.29, 0.717) is 36.2 Å². The van der Waals surface area contributed by atoms with Gasteiger partial charge in [-0.1, -0.05) is 50.2 Å². The van der Waals surface area contributed by atoms with E-state index in [-0.39, 0.29) is 24.6 Å². The smallest absolute Gasteiger partial charge is 0.254 e. The highest BCUT2D eigenvalue weighted by Gasteiger charge is 2.31. The van der Waals surface area contributed by atoms with Crippen molar-refractivity contribution in [2.75, 3.05) is 19.6 Å². The van der Waals surface area contributed by atoms with Gasteiger partial charge in [-0.3, -0.25) is 9.59 Å². The first-order valence-electron chi connectivity index (χ1n) is 13.3. The molecule has 0 aromatic heterocycles. The van der Waals surface area contributed by atoms with Crippen LogP contribution in [0.3, 0.4) is 0 Å². The van der Waals surface area contributed by atoms with Gasteiger partial charge < -0.3 is 21.1 Å². The Morgan fingerprint density at radius 2 is 1.51 bits per heavy atom. The van der Waals surface area contributed by atoms with Crippen molar-refractivity contribution >= 4 is 11.8 Å². The predicted octanol–water partition coefficient (Wildman–Crippen LogP) is 4.80. The van der Waals surface area contributed by atoms with E-state index in [9.17, 15) is 23.5 Å². The van der Waals surface area contributed by atoms with Gasteiger partial charge in [0.25, 0.3) is 5.91 Å². The zero-order valence-electron chi connectivity index (χ0n) is 22.5. The minimum Gasteiger partial charge on any atom is -0.391 e. The fraction of sp³-hybridized carbons (Fsp3) is 0.355. The third kappa shape index (κ3) is 8.18. The van der Waals surface area contributed by atoms with Gasteiger partial charge >= 0.3 is 0 Å². The topological polar surface area (TPSA) is 95.7 Å². The summed E-state index contributed by atoms with van der Waals surface area (Å²) in [6.07, 6.45) is 0.834. The highest BCUT2D eigenvalue weighted by Crippen LogP contribution is 2.32. The summed E-state index contributed by atoms with van der Waals surface area (Å²) >= 11 is 0. The van der Waals surface area contributed by atoms with Gasteiger partial charge in [0.05, 0.1) is 6.10 Å². The maximum atomic E-state index is 13.8. The summed E-state index contributed by atoms with van der Waals surface area (Å²) in [6.45, 7) is 5.27. The Labute approximate surface area is 228 Å². The zero-order chi connectivity index (χ0) is 28.4. The molecule has 4 N–H and O–H groups in total. The molecule has 0 bridgehead atoms. The number of rotatable bonds is 14. The van der Waals surface area contributed by atoms with Crippen molar-refractivity contribution in [2.45, 2.75) is 51.7 Å². The fourth-order valence-corrected chi connectivity index (χ4v) is 4.91. The average Bonchev–Trinajstić information content (AvgIpc) is 2.90. The van der Waals surface area contributed by atoms with Gasteiger partial charge in [0.1, 0.15) is 11.6 Å². The molecule has 6 nitrogen and oxygen atoms in total. The molecule has 0 radical (unpaired) electrons. The van der Waals surface area contributed by atoms with Crippen molar-refractivity contribution in [1.82, 2.24) is 10.2 Å². The average molecular weight is 538 g/mol. The van der Waals surface area contributed by atoms with E-state index in [1.807, 2.05) is 44.2 Å². The number of benzene rings is 3. The second-order valence-electron chi connectivity index (χ2n) is 9.70. The monoisotopic (exact) mass is 537 g/mol. The number of hydrogen-bond donors (Lipinski definition) is 3. The molecule has 39 heavy (non-hydrogen) atoms. The van der Waals surface area contributed by atoms with Gasteiger partial charge in [0.15, 0.2) is 0 Å². The summed E-state index contributed by atoms with van der Waals surface area (Å²) in [5.74, 6) is -2.94. The molecule has 208 valence electrons. The molecule has 3 aromatic rings. The number of primary amides is 1. The number of amides is 2. The van der Waals surface area contributed by atoms with Crippen molar-refractivity contribution < 1.29 is 23.5 Å². The van der Waals surface area contributed by atoms with E-state index in [1.165, 1.54) is 12.1 Å². The van der Waals surface area contributed by atoms with E-state index >= 15 is 0 Å². The first-order chi connectivity index (χ1) is 18.7. The van der Waals surface area contributed by atoms with Gasteiger partial charge in [-0.2, -0.15) is 0 Å². The van der Waals surface area contributed by atoms with Crippen LogP contribution < -0.4 is 11.1 Å². The van der Waals surface area contributed by atoms with Crippen LogP contribution in [0.15, 0.2) is 66.7 Å². The number of nitrogens with one attached hydrogen (secondary N) is 1. The van der Waals surface area contributed by atoms with Crippen LogP contribution in [0.5, 0.6) is 0 Å². The SMILES string of the molecule is CCCN(CCC)C(=O)c1cccc(C(N)=O)c1[C@H](Cc1ccccc1)[C@@H](O)CNCc1cc(F)cc(F)c1. The van der Waals surface area contributed by atoms with Crippen molar-refractivity contribution in [3.8, 4) is 0 Å². The number of carbonyl (C=O) groups is 2. The molecule has 0 spiro atoms. The Balaban J connectivity index is 2.01. The Kier molecular flexibility index (Phi) is 11.1. The molecular formula is C31H37F2N3O3. The summed E-state index contributed by atoms with van der Waals surface area (Å²) in [7, 11) is 0. The molecule has 2 amide bonds. The molecule has 0 saturated carbocycles. The minimum atomic E-state index is -1.05. The maximum absolute atomic E-state index is 13.8. The molecular weight excluding hydrogens is 500 g/mol. The Bertz CT molecular complexity index is 1230. The normalized spacial score (nSPS) is 12.6. The molecule has 2 atom stereocenters. The van der Waals surface area contributed by atoms with E-state index in [2.05, 4.69) is 5.32 Å². The lowest BCUT2D eigenvalue weighted by molar-refractivity contribution is 0.0751. The summed E-state index contributed by atoms with van der Waals surface area (Å²) < 4.78 is 27.2. The van der Waals surface area contributed by atoms with E-state index in [0.717, 1.165) is 24.5 Å². The van der Waals surface area contributed by atoms with Crippen molar-refractivity contribution in [2.24, 2.45) is 5.73 Å². The fourth-order valence-electron chi connectivity index (χ4n) is 4.91. The van der Waals surface area contributed by atoms with Crippen LogP contribution in [-0.4, -0.2) is 47.6 Å². The largest absolute Gasteiger partial charge is 0.391 e. The van der Waals surface area contributed by atoms with Crippen LogP contribution in [0, 0.1) is 11.6 Å². The lowest BCUT2D eigenvalue weighted by atomic mass is 9.81. The third-order valence-corrected chi connectivity index (χ3v) is 6.61. The van der Waals surface area contributed by atoms with E-state index in [4.69, 9.17) is 5.73 Å². The molecule has 0 unspecified atom stereocenters. The van der Waals surface area contributed by atoms with Gasteiger partial charge in [0.2, 0.25) is 5.91 Å². The molecule has 0 aliphatic rings. The maximum Gasteiger partial charge on any atom is 0.254 e. The molecule has 0 fully saturated rings. The van der Waals surface area contributed by atoms with Crippen LogP contribution in [0.1, 0.15) is 70.0 Å². The summed E-state index contributed by atoms with van der Waals surface area (Å²) in [4.78, 5) is 28.1. The molecule has 0 aliphatic carbocycles. The summed E-state index contributed by atoms with van der Waals surface area (Å²) in [6, 6.07) is 17.6. The van der Waals surface area contributed by atoms with Crippen LogP contribution in [-0.2, 0) is 13.0 Å². The van der Waals surface area contributed by atoms with Gasteiger partial charge in [-0.15, -0.1) is 0 Å². The predicted molar refractivity (Wildman–Crippen MR) is 148 cm³/mol. The second-order valence-corrected chi connectivity index (χ2v) is 9.70. The zero-order valence-corrected chi connectivity index (χ0v) is 22.5. The van der Waals surface area contributed by atoms with Crippen LogP contribution in [0.25, 0.3) is 0 Å². The number of nitrogens with two attached hydrogens (primary N) is 1. The molecule has 0 heterocycles. The highest BCUT2D eigenvalue weighted by atomic mass is 19.1. The number of carbonyl (C=O) groups excluding carboxylic acids is 2. The van der Waals surface area contributed by atoms with Crippen molar-refractivity contribution in [3.63, 3.8) is 0 Å². The van der Waals surface area contributed by atoms with Gasteiger partial charge in [-0.05, 0) is 60.2 Å². The number of aliphatic hydroxyl groups excluding tert-OH is 1. The molecule has 8 heteroatoms. The van der Waals surface area contributed by atoms with Gasteiger partial charge in [0, 0.05) is 49.3 Å². The first-order valence-corrected chi connectivity index (χ1v) is 13.3. The quantitative estimate of drug-likeness (QED) is 0.275. The number of hydrogen-bond acceptors (Lipinski definition) is 4. The van der Waals surface area contributed by atoms with E-state index < -0.39 is 29.6 Å². The van der Waals surface area contributed by atoms with Crippen LogP contribution in [0.4, 0.5) is 8.78 Å². The standard InChI is InChI=1S/C31H37F2N3O3/c1-3-13-36(14-4-2)31(39)26-12-8-11-25(30(34)38)29(26)27(17-21-9-6-5-7-10-21)28(37)20-35-19-22-15-23(32)18-24(33)16-22/h5-12,15-16,18,27-28,35,37H,3-4,13-14,17,19-20H2,1-2H3,(H2,34,38)/t27-,28+/m1/s1.